The van der Waals surface area contributed by atoms with Gasteiger partial charge in [-0.15, -0.1) is 0 Å². The predicted octanol–water partition coefficient (Wildman–Crippen LogP) is 2.00. The topological polar surface area (TPSA) is 462 Å². The third-order valence-electron chi connectivity index (χ3n) is 19.3. The summed E-state index contributed by atoms with van der Waals surface area (Å²) in [5.41, 5.74) is 1.95. The Hall–Kier alpha value is -8.99. The molecule has 4 aromatic carbocycles. The van der Waals surface area contributed by atoms with E-state index < -0.39 is 141 Å². The Morgan fingerprint density at radius 2 is 1.03 bits per heavy atom. The van der Waals surface area contributed by atoms with Gasteiger partial charge in [-0.25, -0.2) is 25.3 Å². The molecule has 4 aromatic rings. The molecule has 4 saturated heterocycles. The summed E-state index contributed by atoms with van der Waals surface area (Å²) in [5, 5.41) is 89.5. The average molecular weight is 1550 g/mol. The van der Waals surface area contributed by atoms with Gasteiger partial charge in [0, 0.05) is 84.4 Å². The number of anilines is 2. The second-order valence-corrected chi connectivity index (χ2v) is 27.3. The van der Waals surface area contributed by atoms with E-state index in [0.29, 0.717) is 29.6 Å². The fraction of sp³-hybridized carbons (Fsp3) is 0.533. The van der Waals surface area contributed by atoms with Crippen molar-refractivity contribution < 1.29 is 141 Å². The normalized spacial score (nSPS) is 24.0. The molecule has 5 amide bonds. The molecule has 0 bridgehead atoms. The molecule has 4 fully saturated rings. The van der Waals surface area contributed by atoms with E-state index in [-0.39, 0.29) is 191 Å². The van der Waals surface area contributed by atoms with Crippen molar-refractivity contribution in [1.82, 2.24) is 15.1 Å². The lowest BCUT2D eigenvalue weighted by Crippen LogP contribution is -2.54. The molecular weight excluding hydrogens is 1450 g/mol. The number of methoxy groups -OCH3 is 3. The number of ketones is 2. The van der Waals surface area contributed by atoms with Crippen molar-refractivity contribution >= 4 is 52.8 Å². The van der Waals surface area contributed by atoms with Crippen LogP contribution < -0.4 is 44.7 Å². The summed E-state index contributed by atoms with van der Waals surface area (Å²) in [7, 11) is 4.29. The minimum atomic E-state index is -1.73. The number of amides is 5. The van der Waals surface area contributed by atoms with Gasteiger partial charge < -0.3 is 122 Å². The molecule has 3 unspecified atom stereocenters. The molecule has 0 saturated carbocycles. The molecule has 6 aliphatic heterocycles. The maximum absolute atomic E-state index is 14.7. The van der Waals surface area contributed by atoms with Gasteiger partial charge in [-0.1, -0.05) is 36.4 Å². The van der Waals surface area contributed by atoms with Crippen LogP contribution in [-0.2, 0) is 60.7 Å². The maximum Gasteiger partial charge on any atom is 0.416 e. The van der Waals surface area contributed by atoms with Gasteiger partial charge in [0.2, 0.25) is 18.5 Å². The number of ether oxygens (including phenoxy) is 13. The highest BCUT2D eigenvalue weighted by molar-refractivity contribution is 6.07. The van der Waals surface area contributed by atoms with E-state index in [2.05, 4.69) is 23.3 Å². The van der Waals surface area contributed by atoms with Crippen molar-refractivity contribution in [2.45, 2.75) is 151 Å². The van der Waals surface area contributed by atoms with Crippen molar-refractivity contribution in [3.63, 3.8) is 0 Å². The van der Waals surface area contributed by atoms with Crippen LogP contribution in [0.1, 0.15) is 109 Å². The zero-order valence-electron chi connectivity index (χ0n) is 61.5. The number of aliphatic hydroxyl groups is 8. The molecule has 0 radical (unpaired) electrons. The number of fused-ring (bicyclic) bond motifs is 4. The van der Waals surface area contributed by atoms with E-state index in [0.717, 1.165) is 9.80 Å². The Morgan fingerprint density at radius 3 is 1.51 bits per heavy atom. The first-order chi connectivity index (χ1) is 52.8. The fourth-order valence-corrected chi connectivity index (χ4v) is 13.5. The van der Waals surface area contributed by atoms with Crippen LogP contribution in [0.15, 0.2) is 85.0 Å². The van der Waals surface area contributed by atoms with Crippen LogP contribution in [0.3, 0.4) is 0 Å². The lowest BCUT2D eigenvalue weighted by Gasteiger charge is -2.35. The number of hydrogen-bond donors (Lipinski definition) is 10. The Bertz CT molecular complexity index is 3960. The van der Waals surface area contributed by atoms with Crippen LogP contribution >= 0.6 is 0 Å². The monoisotopic (exact) mass is 1540 g/mol. The Balaban J connectivity index is 0.878. The maximum atomic E-state index is 14.7. The van der Waals surface area contributed by atoms with Crippen LogP contribution in [0.4, 0.5) is 21.0 Å². The number of aryl methyl sites for hydroxylation is 1. The largest absolute Gasteiger partial charge is 0.493 e. The molecule has 0 aromatic heterocycles. The van der Waals surface area contributed by atoms with Crippen molar-refractivity contribution in [1.29, 1.82) is 0 Å². The van der Waals surface area contributed by atoms with E-state index in [1.54, 1.807) is 6.92 Å². The van der Waals surface area contributed by atoms with Crippen LogP contribution in [0.2, 0.25) is 0 Å². The molecule has 35 nitrogen and oxygen atoms in total. The molecule has 110 heavy (non-hydrogen) atoms. The summed E-state index contributed by atoms with van der Waals surface area (Å²) in [6.45, 7) is 8.42. The minimum Gasteiger partial charge on any atom is -0.493 e. The Kier molecular flexibility index (Phi) is 29.4. The summed E-state index contributed by atoms with van der Waals surface area (Å²) < 4.78 is 74.4. The molecule has 0 spiro atoms. The van der Waals surface area contributed by atoms with Gasteiger partial charge in [0.15, 0.2) is 35.5 Å². The summed E-state index contributed by atoms with van der Waals surface area (Å²) in [6.07, 6.45) is -17.0. The van der Waals surface area contributed by atoms with Crippen molar-refractivity contribution in [2.75, 3.05) is 117 Å². The Morgan fingerprint density at radius 1 is 0.564 bits per heavy atom. The van der Waals surface area contributed by atoms with Gasteiger partial charge in [-0.3, -0.25) is 24.0 Å². The number of nitrogens with two attached hydrogens (primary N) is 1. The Labute approximate surface area is 633 Å². The minimum absolute atomic E-state index is 0.00106. The molecule has 35 heteroatoms. The van der Waals surface area contributed by atoms with Crippen molar-refractivity contribution in [2.24, 2.45) is 5.90 Å². The number of aliphatic hydroxyl groups excluding tert-OH is 8. The molecular formula is C75H96N6O29. The first-order valence-corrected chi connectivity index (χ1v) is 35.9. The summed E-state index contributed by atoms with van der Waals surface area (Å²) in [4.78, 5) is 109. The highest BCUT2D eigenvalue weighted by Crippen LogP contribution is 2.44. The first kappa shape index (κ1) is 83.5. The number of hydrogen-bond acceptors (Lipinski definition) is 30. The summed E-state index contributed by atoms with van der Waals surface area (Å²) in [5.74, 6) is 2.70. The van der Waals surface area contributed by atoms with Crippen LogP contribution in [0.25, 0.3) is 0 Å². The number of carbonyl (C=O) groups is 7. The number of nitrogens with zero attached hydrogens (tertiary/aromatic N) is 4. The number of rotatable bonds is 36. The van der Waals surface area contributed by atoms with Gasteiger partial charge in [0.25, 0.3) is 11.8 Å². The lowest BCUT2D eigenvalue weighted by atomic mass is 10.0. The first-order valence-electron chi connectivity index (χ1n) is 35.9. The number of nitrogens with one attached hydrogen (secondary N) is 1. The molecule has 11 N–H and O–H groups in total. The second-order valence-electron chi connectivity index (χ2n) is 27.3. The van der Waals surface area contributed by atoms with E-state index in [4.69, 9.17) is 67.5 Å². The zero-order chi connectivity index (χ0) is 79.0. The molecule has 13 atom stereocenters. The van der Waals surface area contributed by atoms with E-state index in [1.165, 1.54) is 91.8 Å². The number of Topliss-reactive ketones (excluding diaryl/α,β-unsaturated/α-hetero) is 2. The quantitative estimate of drug-likeness (QED) is 0.0135. The molecule has 0 aliphatic carbocycles. The standard InChI is InChI=1S/C75H96N6O29/c1-40-25-52-70(93)80(74(95)106-35-43-11-13-58(48(28-43)54(82)9-7-17-97-4)109-72-66(89)64(87)56(84)37-104-72)50-31-60(42(3)27-46(50)68(91)78(52)33-40)102-19-15-45(77-63(86)39-101-22-21-100-23-24-108-76)16-20-103-62-32-51-47(30-61(62)99-6)69(92)79-34-41(2)26-53(79)71(94)81(51)75(96)107-36-44-12-14-59(49(29-44)55(83)10-8-18-98-5)110-73-67(90)65(88)57(85)38-105-73/h11-14,27-32,45,52-53,56-57,64-67,70-73,84-85,87-90,93-94H,1-2,7-10,15-26,33-39,76H2,3-6H3,(H,77,86)/t45?,52-,53-,56+,57+,64-,65-,66+,67+,70?,71?,72-,73-/m0/s1. The smallest absolute Gasteiger partial charge is 0.416 e. The average Bonchev–Trinajstić information content (AvgIpc) is 1.60. The van der Waals surface area contributed by atoms with Gasteiger partial charge in [0.05, 0.1) is 106 Å². The fourth-order valence-electron chi connectivity index (χ4n) is 13.5. The van der Waals surface area contributed by atoms with E-state index in [9.17, 15) is 74.4 Å². The van der Waals surface area contributed by atoms with Gasteiger partial charge in [-0.05, 0) is 85.7 Å². The second kappa shape index (κ2) is 38.8. The lowest BCUT2D eigenvalue weighted by molar-refractivity contribution is -0.242. The summed E-state index contributed by atoms with van der Waals surface area (Å²) in [6, 6.07) is 11.5. The molecule has 6 heterocycles. The highest BCUT2D eigenvalue weighted by atomic mass is 16.7. The molecule has 6 aliphatic rings. The molecule has 10 rings (SSSR count). The van der Waals surface area contributed by atoms with Gasteiger partial charge in [-0.2, -0.15) is 0 Å². The van der Waals surface area contributed by atoms with E-state index in [1.807, 2.05) is 0 Å². The van der Waals surface area contributed by atoms with Crippen LogP contribution in [-0.4, -0.2) is 279 Å². The third kappa shape index (κ3) is 20.0. The zero-order valence-corrected chi connectivity index (χ0v) is 61.5. The molecule has 600 valence electrons. The van der Waals surface area contributed by atoms with E-state index >= 15 is 0 Å². The summed E-state index contributed by atoms with van der Waals surface area (Å²) >= 11 is 0. The SMILES string of the molecule is C=C1C[C@H]2C(O)N(C(=O)OCc3ccc(O[C@@H]4OC[C@@H](O)[C@H](O)[C@H]4O)c(C(=O)CCCOC)c3)c3cc(OCCC(CCOc4cc5c(cc4OC)C(=O)N4CC(=C)C[C@H]4C(O)N5C(=O)OCc4ccc(O[C@@H]5OC[C@@H](O)[C@H](O)[C@H]5O)c(C(=O)CCCOC)c4)NC(=O)COCCOCCON)c(C)cc3C(=O)N2C1. The predicted molar refractivity (Wildman–Crippen MR) is 383 cm³/mol. The van der Waals surface area contributed by atoms with Crippen molar-refractivity contribution in [3.8, 4) is 28.7 Å². The third-order valence-corrected chi connectivity index (χ3v) is 19.3. The number of carbonyl (C=O) groups excluding carboxylic acids is 7. The van der Waals surface area contributed by atoms with Crippen LogP contribution in [0, 0.1) is 6.92 Å². The van der Waals surface area contributed by atoms with Gasteiger partial charge >= 0.3 is 12.2 Å². The van der Waals surface area contributed by atoms with Crippen molar-refractivity contribution in [3.05, 3.63) is 124 Å². The highest BCUT2D eigenvalue weighted by Gasteiger charge is 2.49. The van der Waals surface area contributed by atoms with Crippen LogP contribution in [0.5, 0.6) is 28.7 Å². The van der Waals surface area contributed by atoms with Gasteiger partial charge in [0.1, 0.15) is 73.7 Å². The number of benzene rings is 4.